The number of rotatable bonds is 5. The van der Waals surface area contributed by atoms with Crippen LogP contribution in [0.25, 0.3) is 0 Å². The first kappa shape index (κ1) is 11.5. The van der Waals surface area contributed by atoms with Crippen LogP contribution in [0.15, 0.2) is 24.3 Å². The molecule has 1 atom stereocenters. The molecule has 0 aliphatic carbocycles. The van der Waals surface area contributed by atoms with E-state index in [1.807, 2.05) is 24.3 Å². The minimum absolute atomic E-state index is 0.104. The largest absolute Gasteiger partial charge is 0.375 e. The number of likely N-dealkylation sites (N-methyl/N-ethyl adjacent to an activating group) is 1. The maximum atomic E-state index is 5.81. The maximum Gasteiger partial charge on any atom is 0.0945 e. The van der Waals surface area contributed by atoms with Gasteiger partial charge in [-0.1, -0.05) is 30.7 Å². The van der Waals surface area contributed by atoms with E-state index < -0.39 is 0 Å². The summed E-state index contributed by atoms with van der Waals surface area (Å²) in [5, 5.41) is 4.01. The lowest BCUT2D eigenvalue weighted by atomic mass is 10.1. The van der Waals surface area contributed by atoms with Crippen LogP contribution in [-0.4, -0.2) is 20.2 Å². The molecule has 3 heteroatoms. The van der Waals surface area contributed by atoms with Crippen molar-refractivity contribution in [2.24, 2.45) is 0 Å². The van der Waals surface area contributed by atoms with Crippen LogP contribution in [0.3, 0.4) is 0 Å². The van der Waals surface area contributed by atoms with Gasteiger partial charge >= 0.3 is 0 Å². The van der Waals surface area contributed by atoms with Gasteiger partial charge in [-0.05, 0) is 24.2 Å². The molecule has 0 aliphatic heterocycles. The molecule has 1 N–H and O–H groups in total. The summed E-state index contributed by atoms with van der Waals surface area (Å²) in [6.07, 6.45) is 0.104. The van der Waals surface area contributed by atoms with Crippen molar-refractivity contribution >= 4 is 11.6 Å². The van der Waals surface area contributed by atoms with E-state index in [4.69, 9.17) is 16.3 Å². The highest BCUT2D eigenvalue weighted by Crippen LogP contribution is 2.18. The summed E-state index contributed by atoms with van der Waals surface area (Å²) < 4.78 is 5.37. The molecule has 0 radical (unpaired) electrons. The number of halogens is 1. The molecule has 0 spiro atoms. The monoisotopic (exact) mass is 213 g/mol. The smallest absolute Gasteiger partial charge is 0.0945 e. The summed E-state index contributed by atoms with van der Waals surface area (Å²) >= 11 is 5.81. The molecule has 1 aromatic rings. The van der Waals surface area contributed by atoms with E-state index in [1.165, 1.54) is 0 Å². The molecule has 1 unspecified atom stereocenters. The van der Waals surface area contributed by atoms with Crippen molar-refractivity contribution in [1.82, 2.24) is 5.32 Å². The normalized spacial score (nSPS) is 12.8. The Morgan fingerprint density at radius 1 is 1.36 bits per heavy atom. The third-order valence-corrected chi connectivity index (χ3v) is 2.36. The summed E-state index contributed by atoms with van der Waals surface area (Å²) in [6.45, 7) is 3.86. The van der Waals surface area contributed by atoms with Gasteiger partial charge in [0.25, 0.3) is 0 Å². The lowest BCUT2D eigenvalue weighted by molar-refractivity contribution is 0.103. The molecular formula is C11H16ClNO. The van der Waals surface area contributed by atoms with Crippen LogP contribution in [0.5, 0.6) is 0 Å². The van der Waals surface area contributed by atoms with Crippen LogP contribution in [-0.2, 0) is 4.74 Å². The second kappa shape index (κ2) is 6.02. The molecule has 0 heterocycles. The van der Waals surface area contributed by atoms with E-state index in [2.05, 4.69) is 12.2 Å². The second-order valence-electron chi connectivity index (χ2n) is 3.08. The molecule has 0 saturated heterocycles. The number of methoxy groups -OCH3 is 1. The topological polar surface area (TPSA) is 21.3 Å². The van der Waals surface area contributed by atoms with Crippen molar-refractivity contribution in [3.63, 3.8) is 0 Å². The first-order chi connectivity index (χ1) is 6.77. The van der Waals surface area contributed by atoms with E-state index in [0.717, 1.165) is 23.7 Å². The quantitative estimate of drug-likeness (QED) is 0.812. The summed E-state index contributed by atoms with van der Waals surface area (Å²) in [4.78, 5) is 0. The molecule has 0 fully saturated rings. The van der Waals surface area contributed by atoms with Crippen molar-refractivity contribution in [2.45, 2.75) is 13.0 Å². The fourth-order valence-corrected chi connectivity index (χ4v) is 1.42. The first-order valence-electron chi connectivity index (χ1n) is 4.77. The van der Waals surface area contributed by atoms with Gasteiger partial charge in [0.15, 0.2) is 0 Å². The second-order valence-corrected chi connectivity index (χ2v) is 3.52. The highest BCUT2D eigenvalue weighted by Gasteiger charge is 2.08. The zero-order valence-corrected chi connectivity index (χ0v) is 9.34. The van der Waals surface area contributed by atoms with Crippen molar-refractivity contribution in [3.8, 4) is 0 Å². The summed E-state index contributed by atoms with van der Waals surface area (Å²) in [6, 6.07) is 7.76. The van der Waals surface area contributed by atoms with E-state index >= 15 is 0 Å². The summed E-state index contributed by atoms with van der Waals surface area (Å²) in [7, 11) is 1.72. The molecule has 1 rings (SSSR count). The van der Waals surface area contributed by atoms with Crippen LogP contribution in [0, 0.1) is 0 Å². The predicted octanol–water partition coefficient (Wildman–Crippen LogP) is 2.64. The van der Waals surface area contributed by atoms with Crippen molar-refractivity contribution < 1.29 is 4.74 Å². The van der Waals surface area contributed by atoms with Crippen molar-refractivity contribution in [2.75, 3.05) is 20.2 Å². The van der Waals surface area contributed by atoms with Gasteiger partial charge in [-0.3, -0.25) is 0 Å². The molecular weight excluding hydrogens is 198 g/mol. The van der Waals surface area contributed by atoms with Crippen LogP contribution in [0.2, 0.25) is 5.02 Å². The highest BCUT2D eigenvalue weighted by atomic mass is 35.5. The third-order valence-electron chi connectivity index (χ3n) is 2.11. The number of ether oxygens (including phenoxy) is 1. The molecule has 0 aliphatic rings. The SMILES string of the molecule is CCNCC(OC)c1ccc(Cl)cc1. The Morgan fingerprint density at radius 3 is 2.50 bits per heavy atom. The van der Waals surface area contributed by atoms with Crippen molar-refractivity contribution in [3.05, 3.63) is 34.9 Å². The standard InChI is InChI=1S/C11H16ClNO/c1-3-13-8-11(14-2)9-4-6-10(12)7-5-9/h4-7,11,13H,3,8H2,1-2H3. The third kappa shape index (κ3) is 3.29. The van der Waals surface area contributed by atoms with Crippen molar-refractivity contribution in [1.29, 1.82) is 0 Å². The molecule has 14 heavy (non-hydrogen) atoms. The fraction of sp³-hybridized carbons (Fsp3) is 0.455. The van der Waals surface area contributed by atoms with E-state index in [0.29, 0.717) is 0 Å². The molecule has 78 valence electrons. The average Bonchev–Trinajstić information content (AvgIpc) is 2.21. The molecule has 2 nitrogen and oxygen atoms in total. The van der Waals surface area contributed by atoms with Gasteiger partial charge < -0.3 is 10.1 Å². The van der Waals surface area contributed by atoms with Gasteiger partial charge in [-0.2, -0.15) is 0 Å². The molecule has 0 bridgehead atoms. The zero-order chi connectivity index (χ0) is 10.4. The van der Waals surface area contributed by atoms with Gasteiger partial charge in [0.2, 0.25) is 0 Å². The van der Waals surface area contributed by atoms with E-state index in [1.54, 1.807) is 7.11 Å². The van der Waals surface area contributed by atoms with Crippen LogP contribution >= 0.6 is 11.6 Å². The Bertz CT molecular complexity index is 260. The Labute approximate surface area is 90.2 Å². The first-order valence-corrected chi connectivity index (χ1v) is 5.14. The lowest BCUT2D eigenvalue weighted by Crippen LogP contribution is -2.22. The molecule has 0 saturated carbocycles. The number of nitrogens with one attached hydrogen (secondary N) is 1. The minimum atomic E-state index is 0.104. The Balaban J connectivity index is 2.64. The highest BCUT2D eigenvalue weighted by molar-refractivity contribution is 6.30. The number of hydrogen-bond donors (Lipinski definition) is 1. The Kier molecular flexibility index (Phi) is 4.94. The van der Waals surface area contributed by atoms with Gasteiger partial charge in [0, 0.05) is 18.7 Å². The molecule has 0 aromatic heterocycles. The van der Waals surface area contributed by atoms with E-state index in [9.17, 15) is 0 Å². The molecule has 0 amide bonds. The van der Waals surface area contributed by atoms with Crippen LogP contribution in [0.4, 0.5) is 0 Å². The minimum Gasteiger partial charge on any atom is -0.375 e. The Hall–Kier alpha value is -0.570. The fourth-order valence-electron chi connectivity index (χ4n) is 1.29. The predicted molar refractivity (Wildman–Crippen MR) is 59.7 cm³/mol. The maximum absolute atomic E-state index is 5.81. The van der Waals surface area contributed by atoms with Gasteiger partial charge in [-0.15, -0.1) is 0 Å². The van der Waals surface area contributed by atoms with Gasteiger partial charge in [0.1, 0.15) is 0 Å². The zero-order valence-electron chi connectivity index (χ0n) is 8.59. The Morgan fingerprint density at radius 2 is 2.00 bits per heavy atom. The van der Waals surface area contributed by atoms with Gasteiger partial charge in [0.05, 0.1) is 6.10 Å². The van der Waals surface area contributed by atoms with Gasteiger partial charge in [-0.25, -0.2) is 0 Å². The summed E-state index contributed by atoms with van der Waals surface area (Å²) in [5.74, 6) is 0. The molecule has 1 aromatic carbocycles. The number of benzene rings is 1. The average molecular weight is 214 g/mol. The van der Waals surface area contributed by atoms with Crippen LogP contribution in [0.1, 0.15) is 18.6 Å². The lowest BCUT2D eigenvalue weighted by Gasteiger charge is -2.15. The summed E-state index contributed by atoms with van der Waals surface area (Å²) in [5.41, 5.74) is 1.15. The van der Waals surface area contributed by atoms with Crippen LogP contribution < -0.4 is 5.32 Å². The number of hydrogen-bond acceptors (Lipinski definition) is 2. The van der Waals surface area contributed by atoms with E-state index in [-0.39, 0.29) is 6.10 Å².